The summed E-state index contributed by atoms with van der Waals surface area (Å²) >= 11 is 0. The number of aromatic nitrogens is 2. The van der Waals surface area contributed by atoms with Gasteiger partial charge in [0.25, 0.3) is 0 Å². The number of rotatable bonds is 8. The normalized spacial score (nSPS) is 15.8. The number of hydrogen-bond acceptors (Lipinski definition) is 4. The molecule has 1 aliphatic heterocycles. The van der Waals surface area contributed by atoms with Crippen LogP contribution in [0.15, 0.2) is 48.5 Å². The van der Waals surface area contributed by atoms with Crippen molar-refractivity contribution in [1.82, 2.24) is 20.2 Å². The Morgan fingerprint density at radius 2 is 1.88 bits per heavy atom. The minimum Gasteiger partial charge on any atom is -0.481 e. The Morgan fingerprint density at radius 1 is 1.09 bits per heavy atom. The number of carbonyl (C=O) groups excluding carboxylic acids is 1. The molecule has 8 nitrogen and oxygen atoms in total. The van der Waals surface area contributed by atoms with Crippen molar-refractivity contribution in [3.63, 3.8) is 0 Å². The second-order valence-corrected chi connectivity index (χ2v) is 8.17. The summed E-state index contributed by atoms with van der Waals surface area (Å²) in [7, 11) is 0. The van der Waals surface area contributed by atoms with Crippen molar-refractivity contribution in [2.45, 2.75) is 38.1 Å². The quantitative estimate of drug-likeness (QED) is 0.401. The van der Waals surface area contributed by atoms with E-state index in [1.54, 1.807) is 4.90 Å². The number of carboxylic acid groups (broad SMARTS) is 1. The van der Waals surface area contributed by atoms with Crippen molar-refractivity contribution in [3.8, 4) is 0 Å². The van der Waals surface area contributed by atoms with Crippen LogP contribution in [0.1, 0.15) is 42.7 Å². The third-order valence-electron chi connectivity index (χ3n) is 5.87. The van der Waals surface area contributed by atoms with Gasteiger partial charge in [0.05, 0.1) is 17.5 Å². The van der Waals surface area contributed by atoms with E-state index >= 15 is 0 Å². The van der Waals surface area contributed by atoms with Crippen LogP contribution in [0.3, 0.4) is 0 Å². The van der Waals surface area contributed by atoms with Crippen LogP contribution in [0.5, 0.6) is 0 Å². The van der Waals surface area contributed by atoms with E-state index in [1.165, 1.54) is 0 Å². The van der Waals surface area contributed by atoms with Gasteiger partial charge in [-0.15, -0.1) is 0 Å². The molecule has 2 aromatic carbocycles. The molecule has 1 unspecified atom stereocenters. The third kappa shape index (κ3) is 5.38. The van der Waals surface area contributed by atoms with E-state index < -0.39 is 5.97 Å². The molecule has 0 aliphatic carbocycles. The Morgan fingerprint density at radius 3 is 2.72 bits per heavy atom. The molecule has 0 saturated carbocycles. The van der Waals surface area contributed by atoms with Crippen LogP contribution in [-0.4, -0.2) is 51.6 Å². The van der Waals surface area contributed by atoms with Gasteiger partial charge in [-0.1, -0.05) is 36.4 Å². The number of imidazole rings is 1. The van der Waals surface area contributed by atoms with Crippen molar-refractivity contribution < 1.29 is 14.7 Å². The summed E-state index contributed by atoms with van der Waals surface area (Å²) in [5.41, 5.74) is 4.02. The second-order valence-electron chi connectivity index (χ2n) is 8.17. The molecule has 0 saturated heterocycles. The summed E-state index contributed by atoms with van der Waals surface area (Å²) < 4.78 is 0. The molecule has 1 aliphatic rings. The van der Waals surface area contributed by atoms with Crippen LogP contribution < -0.4 is 10.6 Å². The number of nitrogens with one attached hydrogen (secondary N) is 3. The van der Waals surface area contributed by atoms with Crippen molar-refractivity contribution >= 4 is 29.0 Å². The smallest absolute Gasteiger partial charge is 0.317 e. The summed E-state index contributed by atoms with van der Waals surface area (Å²) in [5, 5.41) is 15.5. The second kappa shape index (κ2) is 10.2. The molecule has 168 valence electrons. The number of unbranched alkanes of at least 4 members (excludes halogenated alkanes) is 1. The molecule has 0 bridgehead atoms. The highest BCUT2D eigenvalue weighted by Crippen LogP contribution is 2.31. The molecule has 2 heterocycles. The number of fused-ring (bicyclic) bond motifs is 2. The zero-order chi connectivity index (χ0) is 22.3. The fraction of sp³-hybridized carbons (Fsp3) is 0.375. The highest BCUT2D eigenvalue weighted by molar-refractivity contribution is 5.77. The molecule has 4 rings (SSSR count). The van der Waals surface area contributed by atoms with Crippen LogP contribution in [0.4, 0.5) is 10.7 Å². The van der Waals surface area contributed by atoms with Gasteiger partial charge < -0.3 is 25.6 Å². The molecule has 0 spiro atoms. The van der Waals surface area contributed by atoms with E-state index in [1.807, 2.05) is 48.5 Å². The topological polar surface area (TPSA) is 110 Å². The zero-order valence-electron chi connectivity index (χ0n) is 18.0. The lowest BCUT2D eigenvalue weighted by atomic mass is 9.90. The van der Waals surface area contributed by atoms with E-state index in [2.05, 4.69) is 20.6 Å². The number of carbonyl (C=O) groups is 2. The van der Waals surface area contributed by atoms with Gasteiger partial charge in [-0.3, -0.25) is 4.79 Å². The lowest BCUT2D eigenvalue weighted by molar-refractivity contribution is -0.137. The van der Waals surface area contributed by atoms with Crippen LogP contribution in [0.2, 0.25) is 0 Å². The Kier molecular flexibility index (Phi) is 6.89. The Labute approximate surface area is 187 Å². The predicted octanol–water partition coefficient (Wildman–Crippen LogP) is 3.93. The first-order valence-electron chi connectivity index (χ1n) is 11.1. The monoisotopic (exact) mass is 435 g/mol. The van der Waals surface area contributed by atoms with Gasteiger partial charge >= 0.3 is 12.0 Å². The Balaban J connectivity index is 1.21. The Bertz CT molecular complexity index is 1050. The highest BCUT2D eigenvalue weighted by Gasteiger charge is 2.26. The Hall–Kier alpha value is -3.55. The minimum absolute atomic E-state index is 0.0641. The summed E-state index contributed by atoms with van der Waals surface area (Å²) in [5.74, 6) is -0.112. The number of hydrogen-bond donors (Lipinski definition) is 4. The van der Waals surface area contributed by atoms with Gasteiger partial charge in [-0.2, -0.15) is 0 Å². The number of para-hydroxylation sites is 2. The molecule has 1 aromatic heterocycles. The van der Waals surface area contributed by atoms with E-state index in [4.69, 9.17) is 0 Å². The summed E-state index contributed by atoms with van der Waals surface area (Å²) in [6.07, 6.45) is 2.49. The van der Waals surface area contributed by atoms with Gasteiger partial charge in [-0.05, 0) is 48.4 Å². The van der Waals surface area contributed by atoms with Crippen LogP contribution in [0, 0.1) is 0 Å². The lowest BCUT2D eigenvalue weighted by Gasteiger charge is -2.21. The SMILES string of the molecule is O=C(O)CC1CCN(C(=O)NCCCCNc2nc3ccccc3[nH]2)Cc2ccccc21. The molecular formula is C24H29N5O3. The van der Waals surface area contributed by atoms with Crippen molar-refractivity contribution in [1.29, 1.82) is 0 Å². The van der Waals surface area contributed by atoms with Crippen LogP contribution >= 0.6 is 0 Å². The standard InChI is InChI=1S/C24H29N5O3/c30-22(31)15-17-11-14-29(16-18-7-1-2-8-19(17)18)24(32)26-13-6-5-12-25-23-27-20-9-3-4-10-21(20)28-23/h1-4,7-10,17H,5-6,11-16H2,(H,26,32)(H,30,31)(H2,25,27,28). The molecule has 1 atom stereocenters. The minimum atomic E-state index is -0.807. The van der Waals surface area contributed by atoms with Gasteiger partial charge in [0, 0.05) is 26.2 Å². The number of aliphatic carboxylic acids is 1. The maximum atomic E-state index is 12.7. The summed E-state index contributed by atoms with van der Waals surface area (Å²) in [4.78, 5) is 33.5. The molecule has 4 N–H and O–H groups in total. The molecule has 3 aromatic rings. The number of aromatic amines is 1. The average Bonchev–Trinajstić information content (AvgIpc) is 3.11. The fourth-order valence-corrected chi connectivity index (χ4v) is 4.22. The lowest BCUT2D eigenvalue weighted by Crippen LogP contribution is -2.40. The van der Waals surface area contributed by atoms with E-state index in [0.29, 0.717) is 26.1 Å². The summed E-state index contributed by atoms with van der Waals surface area (Å²) in [6.45, 7) is 2.42. The first kappa shape index (κ1) is 21.7. The van der Waals surface area contributed by atoms with Gasteiger partial charge in [-0.25, -0.2) is 9.78 Å². The van der Waals surface area contributed by atoms with Crippen LogP contribution in [-0.2, 0) is 11.3 Å². The first-order valence-corrected chi connectivity index (χ1v) is 11.1. The van der Waals surface area contributed by atoms with Gasteiger partial charge in [0.2, 0.25) is 5.95 Å². The molecule has 2 amide bonds. The van der Waals surface area contributed by atoms with Crippen LogP contribution in [0.25, 0.3) is 11.0 Å². The molecule has 0 fully saturated rings. The van der Waals surface area contributed by atoms with E-state index in [9.17, 15) is 14.7 Å². The fourth-order valence-electron chi connectivity index (χ4n) is 4.22. The number of carboxylic acids is 1. The number of anilines is 1. The van der Waals surface area contributed by atoms with Gasteiger partial charge in [0.15, 0.2) is 0 Å². The van der Waals surface area contributed by atoms with Crippen molar-refractivity contribution in [3.05, 3.63) is 59.7 Å². The maximum absolute atomic E-state index is 12.7. The highest BCUT2D eigenvalue weighted by atomic mass is 16.4. The molecule has 32 heavy (non-hydrogen) atoms. The van der Waals surface area contributed by atoms with E-state index in [-0.39, 0.29) is 18.4 Å². The molecular weight excluding hydrogens is 406 g/mol. The molecule has 8 heteroatoms. The summed E-state index contributed by atoms with van der Waals surface area (Å²) in [6, 6.07) is 15.6. The average molecular weight is 436 g/mol. The molecule has 0 radical (unpaired) electrons. The van der Waals surface area contributed by atoms with E-state index in [0.717, 1.165) is 47.5 Å². The largest absolute Gasteiger partial charge is 0.481 e. The number of amides is 2. The van der Waals surface area contributed by atoms with Crippen molar-refractivity contribution in [2.24, 2.45) is 0 Å². The number of nitrogens with zero attached hydrogens (tertiary/aromatic N) is 2. The first-order chi connectivity index (χ1) is 15.6. The third-order valence-corrected chi connectivity index (χ3v) is 5.87. The number of H-pyrrole nitrogens is 1. The number of benzene rings is 2. The maximum Gasteiger partial charge on any atom is 0.317 e. The zero-order valence-corrected chi connectivity index (χ0v) is 18.0. The number of urea groups is 1. The predicted molar refractivity (Wildman–Crippen MR) is 124 cm³/mol. The van der Waals surface area contributed by atoms with Crippen molar-refractivity contribution in [2.75, 3.05) is 25.0 Å². The van der Waals surface area contributed by atoms with Gasteiger partial charge in [0.1, 0.15) is 0 Å².